The number of amides is 1. The first-order chi connectivity index (χ1) is 13.7. The molecule has 0 spiro atoms. The highest BCUT2D eigenvalue weighted by atomic mass is 32.2. The van der Waals surface area contributed by atoms with Crippen molar-refractivity contribution in [2.45, 2.75) is 20.0 Å². The first kappa shape index (κ1) is 20.5. The predicted molar refractivity (Wildman–Crippen MR) is 112 cm³/mol. The maximum atomic E-state index is 12.5. The monoisotopic (exact) mass is 412 g/mol. The zero-order chi connectivity index (χ0) is 21.1. The van der Waals surface area contributed by atoms with Crippen LogP contribution in [0.4, 0.5) is 5.69 Å². The maximum absolute atomic E-state index is 12.5. The molecule has 1 unspecified atom stereocenters. The number of carboxylic acids is 1. The second-order valence-corrected chi connectivity index (χ2v) is 7.54. The lowest BCUT2D eigenvalue weighted by Gasteiger charge is -2.10. The second-order valence-electron chi connectivity index (χ2n) is 6.53. The molecule has 2 N–H and O–H groups in total. The summed E-state index contributed by atoms with van der Waals surface area (Å²) in [5.41, 5.74) is 2.08. The van der Waals surface area contributed by atoms with Crippen molar-refractivity contribution in [2.24, 2.45) is 4.99 Å². The molecule has 0 saturated carbocycles. The molecule has 8 heteroatoms. The summed E-state index contributed by atoms with van der Waals surface area (Å²) in [6.45, 7) is 3.32. The summed E-state index contributed by atoms with van der Waals surface area (Å²) in [5.74, 6) is -0.747. The molecule has 1 amide bonds. The first-order valence-corrected chi connectivity index (χ1v) is 9.61. The molecule has 29 heavy (non-hydrogen) atoms. The smallest absolute Gasteiger partial charge is 0.344 e. The minimum atomic E-state index is -1.04. The van der Waals surface area contributed by atoms with E-state index in [4.69, 9.17) is 9.84 Å². The number of aryl methyl sites for hydroxylation is 1. The van der Waals surface area contributed by atoms with Gasteiger partial charge in [-0.15, -0.1) is 0 Å². The number of hydrogen-bond acceptors (Lipinski definition) is 6. The van der Waals surface area contributed by atoms with Crippen molar-refractivity contribution in [3.63, 3.8) is 0 Å². The quantitative estimate of drug-likeness (QED) is 0.725. The van der Waals surface area contributed by atoms with Crippen LogP contribution in [0.15, 0.2) is 52.4 Å². The van der Waals surface area contributed by atoms with Gasteiger partial charge in [0.05, 0.1) is 4.91 Å². The Labute approximate surface area is 172 Å². The molecule has 1 fully saturated rings. The molecule has 1 saturated heterocycles. The van der Waals surface area contributed by atoms with E-state index in [1.165, 1.54) is 23.6 Å². The van der Waals surface area contributed by atoms with E-state index < -0.39 is 12.1 Å². The SMILES string of the molecule is Cc1ccc(N=C2S/C(=C\c3ccc(OC(C)C(=O)O)cc3)C(=O)N2C)c(O)c1. The molecule has 150 valence electrons. The van der Waals surface area contributed by atoms with Crippen molar-refractivity contribution < 1.29 is 24.5 Å². The van der Waals surface area contributed by atoms with Crippen molar-refractivity contribution in [1.82, 2.24) is 4.90 Å². The van der Waals surface area contributed by atoms with Crippen molar-refractivity contribution in [3.8, 4) is 11.5 Å². The fourth-order valence-corrected chi connectivity index (χ4v) is 3.51. The number of carboxylic acid groups (broad SMARTS) is 1. The summed E-state index contributed by atoms with van der Waals surface area (Å²) in [5, 5.41) is 19.4. The number of phenolic OH excluding ortho intramolecular Hbond substituents is 1. The van der Waals surface area contributed by atoms with Crippen LogP contribution in [0.1, 0.15) is 18.1 Å². The molecular weight excluding hydrogens is 392 g/mol. The van der Waals surface area contributed by atoms with Crippen LogP contribution in [0.2, 0.25) is 0 Å². The van der Waals surface area contributed by atoms with Crippen LogP contribution in [0.25, 0.3) is 6.08 Å². The Balaban J connectivity index is 1.79. The van der Waals surface area contributed by atoms with Gasteiger partial charge in [-0.3, -0.25) is 9.69 Å². The third-order valence-corrected chi connectivity index (χ3v) is 5.25. The van der Waals surface area contributed by atoms with Gasteiger partial charge in [0.1, 0.15) is 17.2 Å². The molecule has 1 heterocycles. The fraction of sp³-hybridized carbons (Fsp3) is 0.190. The van der Waals surface area contributed by atoms with Crippen LogP contribution in [-0.4, -0.2) is 45.3 Å². The topological polar surface area (TPSA) is 99.4 Å². The van der Waals surface area contributed by atoms with Gasteiger partial charge in [-0.1, -0.05) is 18.2 Å². The van der Waals surface area contributed by atoms with E-state index in [2.05, 4.69) is 4.99 Å². The number of thioether (sulfide) groups is 1. The largest absolute Gasteiger partial charge is 0.506 e. The molecule has 1 aliphatic rings. The minimum Gasteiger partial charge on any atom is -0.506 e. The lowest BCUT2D eigenvalue weighted by atomic mass is 10.2. The molecule has 7 nitrogen and oxygen atoms in total. The molecule has 2 aromatic carbocycles. The van der Waals surface area contributed by atoms with Crippen molar-refractivity contribution >= 4 is 40.6 Å². The Morgan fingerprint density at radius 1 is 1.24 bits per heavy atom. The number of nitrogens with zero attached hydrogens (tertiary/aromatic N) is 2. The van der Waals surface area contributed by atoms with Gasteiger partial charge in [-0.2, -0.15) is 0 Å². The Hall–Kier alpha value is -3.26. The molecule has 0 aromatic heterocycles. The van der Waals surface area contributed by atoms with E-state index in [-0.39, 0.29) is 11.7 Å². The summed E-state index contributed by atoms with van der Waals surface area (Å²) in [6, 6.07) is 11.9. The lowest BCUT2D eigenvalue weighted by molar-refractivity contribution is -0.144. The van der Waals surface area contributed by atoms with Gasteiger partial charge in [0.15, 0.2) is 11.3 Å². The van der Waals surface area contributed by atoms with Gasteiger partial charge in [0.25, 0.3) is 5.91 Å². The molecule has 2 aromatic rings. The molecule has 1 aliphatic heterocycles. The van der Waals surface area contributed by atoms with Crippen molar-refractivity contribution in [3.05, 3.63) is 58.5 Å². The van der Waals surface area contributed by atoms with Gasteiger partial charge in [-0.25, -0.2) is 9.79 Å². The Bertz CT molecular complexity index is 1010. The zero-order valence-corrected chi connectivity index (χ0v) is 16.9. The number of aliphatic imine (C=N–C) groups is 1. The summed E-state index contributed by atoms with van der Waals surface area (Å²) in [6.07, 6.45) is 0.780. The number of phenols is 1. The first-order valence-electron chi connectivity index (χ1n) is 8.80. The number of likely N-dealkylation sites (N-methyl/N-ethyl adjacent to an activating group) is 1. The average Bonchev–Trinajstić information content (AvgIpc) is 2.93. The number of rotatable bonds is 5. The van der Waals surface area contributed by atoms with Crippen molar-refractivity contribution in [2.75, 3.05) is 7.05 Å². The number of aliphatic carboxylic acids is 1. The van der Waals surface area contributed by atoms with Crippen LogP contribution in [0.3, 0.4) is 0 Å². The van der Waals surface area contributed by atoms with Crippen LogP contribution in [0.5, 0.6) is 11.5 Å². The second kappa shape index (κ2) is 8.40. The highest BCUT2D eigenvalue weighted by Crippen LogP contribution is 2.35. The highest BCUT2D eigenvalue weighted by molar-refractivity contribution is 8.18. The molecule has 0 bridgehead atoms. The number of ether oxygens (including phenoxy) is 1. The molecular formula is C21H20N2O5S. The highest BCUT2D eigenvalue weighted by Gasteiger charge is 2.30. The molecule has 1 atom stereocenters. The summed E-state index contributed by atoms with van der Waals surface area (Å²) in [7, 11) is 1.63. The number of benzene rings is 2. The lowest BCUT2D eigenvalue weighted by Crippen LogP contribution is -2.23. The summed E-state index contributed by atoms with van der Waals surface area (Å²) in [4.78, 5) is 29.7. The van der Waals surface area contributed by atoms with Gasteiger partial charge in [0.2, 0.25) is 0 Å². The van der Waals surface area contributed by atoms with Crippen molar-refractivity contribution in [1.29, 1.82) is 0 Å². The van der Waals surface area contributed by atoms with Gasteiger partial charge in [0, 0.05) is 7.05 Å². The number of amidine groups is 1. The molecule has 0 radical (unpaired) electrons. The van der Waals surface area contributed by atoms with Crippen LogP contribution in [-0.2, 0) is 9.59 Å². The standard InChI is InChI=1S/C21H20N2O5S/c1-12-4-9-16(17(24)10-12)22-21-23(3)19(25)18(29-21)11-14-5-7-15(8-6-14)28-13(2)20(26)27/h4-11,13,24H,1-3H3,(H,26,27)/b18-11-,22-21?. The van der Waals surface area contributed by atoms with E-state index in [9.17, 15) is 14.7 Å². The Morgan fingerprint density at radius 3 is 2.55 bits per heavy atom. The van der Waals surface area contributed by atoms with Crippen LogP contribution in [0, 0.1) is 6.92 Å². The third kappa shape index (κ3) is 4.78. The molecule has 3 rings (SSSR count). The maximum Gasteiger partial charge on any atom is 0.344 e. The Kier molecular flexibility index (Phi) is 5.93. The van der Waals surface area contributed by atoms with E-state index in [1.807, 2.05) is 13.0 Å². The number of hydrogen-bond donors (Lipinski definition) is 2. The average molecular weight is 412 g/mol. The van der Waals surface area contributed by atoms with E-state index in [0.717, 1.165) is 11.1 Å². The minimum absolute atomic E-state index is 0.0579. The van der Waals surface area contributed by atoms with E-state index in [0.29, 0.717) is 21.5 Å². The van der Waals surface area contributed by atoms with Gasteiger partial charge in [-0.05, 0) is 67.1 Å². The third-order valence-electron chi connectivity index (χ3n) is 4.19. The normalized spacial score (nSPS) is 17.8. The fourth-order valence-electron chi connectivity index (χ4n) is 2.53. The zero-order valence-electron chi connectivity index (χ0n) is 16.1. The van der Waals surface area contributed by atoms with E-state index >= 15 is 0 Å². The van der Waals surface area contributed by atoms with E-state index in [1.54, 1.807) is 49.5 Å². The number of carbonyl (C=O) groups excluding carboxylic acids is 1. The number of aromatic hydroxyl groups is 1. The predicted octanol–water partition coefficient (Wildman–Crippen LogP) is 3.79. The summed E-state index contributed by atoms with van der Waals surface area (Å²) >= 11 is 1.22. The van der Waals surface area contributed by atoms with Gasteiger partial charge < -0.3 is 14.9 Å². The number of carbonyl (C=O) groups is 2. The molecule has 0 aliphatic carbocycles. The summed E-state index contributed by atoms with van der Waals surface area (Å²) < 4.78 is 5.30. The van der Waals surface area contributed by atoms with Crippen LogP contribution >= 0.6 is 11.8 Å². The van der Waals surface area contributed by atoms with Gasteiger partial charge >= 0.3 is 5.97 Å². The Morgan fingerprint density at radius 2 is 1.93 bits per heavy atom. The van der Waals surface area contributed by atoms with Crippen LogP contribution < -0.4 is 4.74 Å².